The lowest BCUT2D eigenvalue weighted by atomic mass is 9.92. The Balaban J connectivity index is 1.48. The molecule has 2 atom stereocenters. The smallest absolute Gasteiger partial charge is 0.262 e. The zero-order valence-electron chi connectivity index (χ0n) is 17.0. The second-order valence-electron chi connectivity index (χ2n) is 7.45. The van der Waals surface area contributed by atoms with Crippen LogP contribution in [0.3, 0.4) is 0 Å². The van der Waals surface area contributed by atoms with E-state index in [1.165, 1.54) is 7.11 Å². The molecule has 0 fully saturated rings. The molecule has 31 heavy (non-hydrogen) atoms. The Morgan fingerprint density at radius 2 is 1.74 bits per heavy atom. The van der Waals surface area contributed by atoms with E-state index in [1.54, 1.807) is 42.5 Å². The largest absolute Gasteiger partial charge is 0.494 e. The maximum Gasteiger partial charge on any atom is 0.262 e. The Kier molecular flexibility index (Phi) is 4.66. The Labute approximate surface area is 180 Å². The average molecular weight is 439 g/mol. The van der Waals surface area contributed by atoms with Gasteiger partial charge in [0.1, 0.15) is 17.6 Å². The summed E-state index contributed by atoms with van der Waals surface area (Å²) in [5.41, 5.74) is 2.22. The zero-order valence-corrected chi connectivity index (χ0v) is 17.8. The van der Waals surface area contributed by atoms with Crippen LogP contribution in [0.4, 0.5) is 5.69 Å². The molecule has 3 aromatic rings. The summed E-state index contributed by atoms with van der Waals surface area (Å²) in [6, 6.07) is 17.5. The topological polar surface area (TPSA) is 83.1 Å². The molecule has 1 N–H and O–H groups in total. The van der Waals surface area contributed by atoms with Crippen molar-refractivity contribution in [2.75, 3.05) is 18.6 Å². The van der Waals surface area contributed by atoms with E-state index in [-0.39, 0.29) is 23.7 Å². The summed E-state index contributed by atoms with van der Waals surface area (Å²) in [6.45, 7) is 2.26. The molecular formula is C23H21NO6S. The first-order valence-corrected chi connectivity index (χ1v) is 11.3. The molecule has 3 aromatic carbocycles. The number of ether oxygens (including phenoxy) is 4. The predicted molar refractivity (Wildman–Crippen MR) is 115 cm³/mol. The molecule has 2 heterocycles. The van der Waals surface area contributed by atoms with Gasteiger partial charge in [-0.25, -0.2) is 8.42 Å². The van der Waals surface area contributed by atoms with E-state index < -0.39 is 10.0 Å². The molecule has 5 rings (SSSR count). The standard InChI is InChI=1S/C23H21NO6S/c1-14-17-11-18(24-31(25,26)16-6-4-3-5-7-16)21(27-2)12-20(17)30-23(14)15-8-9-19-22(10-15)29-13-28-19/h3-12,14,23-24H,13H2,1-2H3/t14-,23-/m0/s1. The van der Waals surface area contributed by atoms with Crippen LogP contribution in [-0.2, 0) is 10.0 Å². The van der Waals surface area contributed by atoms with Crippen LogP contribution < -0.4 is 23.7 Å². The van der Waals surface area contributed by atoms with Gasteiger partial charge in [0.25, 0.3) is 10.0 Å². The number of sulfonamides is 1. The number of hydrogen-bond donors (Lipinski definition) is 1. The molecule has 0 aliphatic carbocycles. The van der Waals surface area contributed by atoms with Gasteiger partial charge in [0.15, 0.2) is 11.5 Å². The highest BCUT2D eigenvalue weighted by atomic mass is 32.2. The number of methoxy groups -OCH3 is 1. The average Bonchev–Trinajstić information content (AvgIpc) is 3.37. The van der Waals surface area contributed by atoms with Crippen molar-refractivity contribution < 1.29 is 27.4 Å². The number of benzene rings is 3. The van der Waals surface area contributed by atoms with Gasteiger partial charge in [0.2, 0.25) is 6.79 Å². The fourth-order valence-corrected chi connectivity index (χ4v) is 5.02. The summed E-state index contributed by atoms with van der Waals surface area (Å²) in [6.07, 6.45) is -0.241. The van der Waals surface area contributed by atoms with E-state index >= 15 is 0 Å². The molecule has 0 saturated heterocycles. The Morgan fingerprint density at radius 1 is 0.968 bits per heavy atom. The van der Waals surface area contributed by atoms with Crippen LogP contribution in [0.25, 0.3) is 0 Å². The second-order valence-corrected chi connectivity index (χ2v) is 9.13. The minimum absolute atomic E-state index is 0.0127. The van der Waals surface area contributed by atoms with E-state index in [0.717, 1.165) is 11.1 Å². The second kappa shape index (κ2) is 7.39. The first-order valence-electron chi connectivity index (χ1n) is 9.82. The SMILES string of the molecule is COc1cc2c(cc1NS(=O)(=O)c1ccccc1)[C@H](C)[C@@H](c1ccc3c(c1)OCO3)O2. The number of hydrogen-bond acceptors (Lipinski definition) is 6. The van der Waals surface area contributed by atoms with Crippen molar-refractivity contribution in [2.24, 2.45) is 0 Å². The third-order valence-corrected chi connectivity index (χ3v) is 6.93. The van der Waals surface area contributed by atoms with E-state index in [1.807, 2.05) is 25.1 Å². The summed E-state index contributed by atoms with van der Waals surface area (Å²) >= 11 is 0. The van der Waals surface area contributed by atoms with Gasteiger partial charge >= 0.3 is 0 Å². The minimum Gasteiger partial charge on any atom is -0.494 e. The van der Waals surface area contributed by atoms with Gasteiger partial charge in [-0.05, 0) is 35.9 Å². The molecule has 2 aliphatic rings. The summed E-state index contributed by atoms with van der Waals surface area (Å²) in [7, 11) is -2.26. The third-order valence-electron chi connectivity index (χ3n) is 5.55. The van der Waals surface area contributed by atoms with E-state index in [0.29, 0.717) is 28.7 Å². The summed E-state index contributed by atoms with van der Waals surface area (Å²) in [5, 5.41) is 0. The molecule has 2 aliphatic heterocycles. The molecule has 0 saturated carbocycles. The van der Waals surface area contributed by atoms with Crippen molar-refractivity contribution in [1.29, 1.82) is 0 Å². The van der Waals surface area contributed by atoms with Gasteiger partial charge in [-0.15, -0.1) is 0 Å². The van der Waals surface area contributed by atoms with Gasteiger partial charge in [-0.3, -0.25) is 4.72 Å². The molecule has 0 aromatic heterocycles. The fourth-order valence-electron chi connectivity index (χ4n) is 3.94. The third kappa shape index (κ3) is 3.42. The van der Waals surface area contributed by atoms with Gasteiger partial charge in [-0.1, -0.05) is 31.2 Å². The van der Waals surface area contributed by atoms with E-state index in [2.05, 4.69) is 4.72 Å². The van der Waals surface area contributed by atoms with Crippen LogP contribution in [-0.4, -0.2) is 22.3 Å². The Morgan fingerprint density at radius 3 is 2.52 bits per heavy atom. The molecule has 7 nitrogen and oxygen atoms in total. The number of rotatable bonds is 5. The molecule has 0 amide bonds. The van der Waals surface area contributed by atoms with Crippen LogP contribution >= 0.6 is 0 Å². The van der Waals surface area contributed by atoms with Crippen LogP contribution in [0.15, 0.2) is 65.6 Å². The maximum absolute atomic E-state index is 12.8. The molecule has 160 valence electrons. The molecule has 0 bridgehead atoms. The maximum atomic E-state index is 12.8. The van der Waals surface area contributed by atoms with Crippen molar-refractivity contribution >= 4 is 15.7 Å². The molecular weight excluding hydrogens is 418 g/mol. The van der Waals surface area contributed by atoms with Crippen LogP contribution in [0.2, 0.25) is 0 Å². The highest BCUT2D eigenvalue weighted by Crippen LogP contribution is 2.50. The highest BCUT2D eigenvalue weighted by Gasteiger charge is 2.35. The normalized spacial score (nSPS) is 18.9. The Hall–Kier alpha value is -3.39. The lowest BCUT2D eigenvalue weighted by Crippen LogP contribution is -2.13. The van der Waals surface area contributed by atoms with Crippen molar-refractivity contribution in [3.8, 4) is 23.0 Å². The van der Waals surface area contributed by atoms with Gasteiger partial charge < -0.3 is 18.9 Å². The predicted octanol–water partition coefficient (Wildman–Crippen LogP) is 4.46. The fraction of sp³-hybridized carbons (Fsp3) is 0.217. The first-order chi connectivity index (χ1) is 15.0. The lowest BCUT2D eigenvalue weighted by molar-refractivity contribution is 0.173. The van der Waals surface area contributed by atoms with E-state index in [9.17, 15) is 8.42 Å². The monoisotopic (exact) mass is 439 g/mol. The van der Waals surface area contributed by atoms with Crippen molar-refractivity contribution in [3.63, 3.8) is 0 Å². The van der Waals surface area contributed by atoms with Crippen LogP contribution in [0.5, 0.6) is 23.0 Å². The van der Waals surface area contributed by atoms with Crippen molar-refractivity contribution in [3.05, 3.63) is 71.8 Å². The number of nitrogens with one attached hydrogen (secondary N) is 1. The molecule has 8 heteroatoms. The lowest BCUT2D eigenvalue weighted by Gasteiger charge is -2.16. The van der Waals surface area contributed by atoms with Crippen molar-refractivity contribution in [2.45, 2.75) is 23.8 Å². The minimum atomic E-state index is -3.75. The van der Waals surface area contributed by atoms with E-state index in [4.69, 9.17) is 18.9 Å². The molecule has 0 unspecified atom stereocenters. The van der Waals surface area contributed by atoms with Gasteiger partial charge in [0, 0.05) is 17.5 Å². The quantitative estimate of drug-likeness (QED) is 0.632. The summed E-state index contributed by atoms with van der Waals surface area (Å²) in [4.78, 5) is 0.181. The molecule has 0 radical (unpaired) electrons. The van der Waals surface area contributed by atoms with Gasteiger partial charge in [0.05, 0.1) is 17.7 Å². The van der Waals surface area contributed by atoms with Crippen LogP contribution in [0.1, 0.15) is 30.1 Å². The summed E-state index contributed by atoms with van der Waals surface area (Å²) < 4.78 is 50.8. The first kappa shape index (κ1) is 19.6. The number of fused-ring (bicyclic) bond motifs is 2. The van der Waals surface area contributed by atoms with Crippen molar-refractivity contribution in [1.82, 2.24) is 0 Å². The highest BCUT2D eigenvalue weighted by molar-refractivity contribution is 7.92. The number of anilines is 1. The summed E-state index contributed by atoms with van der Waals surface area (Å²) in [5.74, 6) is 2.44. The van der Waals surface area contributed by atoms with Crippen LogP contribution in [0, 0.1) is 0 Å². The molecule has 0 spiro atoms. The van der Waals surface area contributed by atoms with Gasteiger partial charge in [-0.2, -0.15) is 0 Å². The Bertz CT molecular complexity index is 1240. The zero-order chi connectivity index (χ0) is 21.6.